The maximum atomic E-state index is 6.53. The molecule has 1 aromatic rings. The highest BCUT2D eigenvalue weighted by Gasteiger charge is 2.28. The lowest BCUT2D eigenvalue weighted by atomic mass is 9.77. The highest BCUT2D eigenvalue weighted by Crippen LogP contribution is 2.45. The van der Waals surface area contributed by atoms with Crippen molar-refractivity contribution in [2.24, 2.45) is 17.6 Å². The van der Waals surface area contributed by atoms with E-state index in [-0.39, 0.29) is 6.04 Å². The smallest absolute Gasteiger partial charge is 0.203 e. The van der Waals surface area contributed by atoms with Crippen LogP contribution in [0.4, 0.5) is 0 Å². The van der Waals surface area contributed by atoms with E-state index < -0.39 is 0 Å². The van der Waals surface area contributed by atoms with Gasteiger partial charge in [-0.2, -0.15) is 0 Å². The minimum absolute atomic E-state index is 0.0211. The number of ether oxygens (including phenoxy) is 3. The Labute approximate surface area is 127 Å². The van der Waals surface area contributed by atoms with Gasteiger partial charge in [-0.15, -0.1) is 0 Å². The van der Waals surface area contributed by atoms with Crippen molar-refractivity contribution in [2.75, 3.05) is 21.3 Å². The molecule has 1 atom stereocenters. The largest absolute Gasteiger partial charge is 0.493 e. The fourth-order valence-electron chi connectivity index (χ4n) is 3.29. The van der Waals surface area contributed by atoms with Crippen molar-refractivity contribution < 1.29 is 14.2 Å². The molecule has 0 radical (unpaired) electrons. The molecule has 4 nitrogen and oxygen atoms in total. The molecule has 0 aromatic heterocycles. The van der Waals surface area contributed by atoms with Crippen molar-refractivity contribution in [2.45, 2.75) is 38.6 Å². The first-order valence-corrected chi connectivity index (χ1v) is 7.66. The molecule has 4 heteroatoms. The predicted octanol–water partition coefficient (Wildman–Crippen LogP) is 3.54. The number of methoxy groups -OCH3 is 3. The summed E-state index contributed by atoms with van der Waals surface area (Å²) in [6.45, 7) is 2.32. The second-order valence-electron chi connectivity index (χ2n) is 5.97. The number of rotatable bonds is 5. The summed E-state index contributed by atoms with van der Waals surface area (Å²) in [4.78, 5) is 0. The van der Waals surface area contributed by atoms with Gasteiger partial charge in [0, 0.05) is 11.6 Å². The van der Waals surface area contributed by atoms with Gasteiger partial charge in [0.25, 0.3) is 0 Å². The van der Waals surface area contributed by atoms with Gasteiger partial charge < -0.3 is 19.9 Å². The second-order valence-corrected chi connectivity index (χ2v) is 5.97. The molecule has 1 aliphatic rings. The van der Waals surface area contributed by atoms with Crippen molar-refractivity contribution in [3.8, 4) is 17.2 Å². The van der Waals surface area contributed by atoms with E-state index in [1.54, 1.807) is 21.3 Å². The van der Waals surface area contributed by atoms with Crippen LogP contribution in [0.2, 0.25) is 0 Å². The van der Waals surface area contributed by atoms with Crippen molar-refractivity contribution in [3.05, 3.63) is 17.7 Å². The molecule has 1 aliphatic carbocycles. The van der Waals surface area contributed by atoms with Gasteiger partial charge in [0.1, 0.15) is 0 Å². The Morgan fingerprint density at radius 2 is 1.57 bits per heavy atom. The molecule has 1 unspecified atom stereocenters. The van der Waals surface area contributed by atoms with Crippen molar-refractivity contribution >= 4 is 0 Å². The van der Waals surface area contributed by atoms with Crippen molar-refractivity contribution in [1.29, 1.82) is 0 Å². The Kier molecular flexibility index (Phi) is 5.34. The minimum Gasteiger partial charge on any atom is -0.493 e. The van der Waals surface area contributed by atoms with Crippen LogP contribution in [0.3, 0.4) is 0 Å². The molecule has 21 heavy (non-hydrogen) atoms. The lowest BCUT2D eigenvalue weighted by Crippen LogP contribution is -2.26. The fraction of sp³-hybridized carbons (Fsp3) is 0.647. The summed E-state index contributed by atoms with van der Waals surface area (Å²) in [6, 6.07) is 3.89. The zero-order valence-corrected chi connectivity index (χ0v) is 13.5. The van der Waals surface area contributed by atoms with Gasteiger partial charge in [0.05, 0.1) is 21.3 Å². The van der Waals surface area contributed by atoms with Crippen LogP contribution in [-0.2, 0) is 0 Å². The first-order valence-electron chi connectivity index (χ1n) is 7.66. The molecule has 0 saturated heterocycles. The van der Waals surface area contributed by atoms with Gasteiger partial charge in [-0.05, 0) is 36.8 Å². The zero-order chi connectivity index (χ0) is 15.4. The molecule has 1 aromatic carbocycles. The first-order chi connectivity index (χ1) is 10.1. The normalized spacial score (nSPS) is 23.5. The Balaban J connectivity index is 2.30. The molecular weight excluding hydrogens is 266 g/mol. The predicted molar refractivity (Wildman–Crippen MR) is 84.1 cm³/mol. The summed E-state index contributed by atoms with van der Waals surface area (Å²) >= 11 is 0. The molecule has 118 valence electrons. The van der Waals surface area contributed by atoms with Gasteiger partial charge >= 0.3 is 0 Å². The Morgan fingerprint density at radius 1 is 0.952 bits per heavy atom. The third kappa shape index (κ3) is 3.26. The molecule has 2 rings (SSSR count). The topological polar surface area (TPSA) is 53.7 Å². The van der Waals surface area contributed by atoms with E-state index >= 15 is 0 Å². The molecule has 0 amide bonds. The van der Waals surface area contributed by atoms with Crippen molar-refractivity contribution in [1.82, 2.24) is 0 Å². The molecule has 0 bridgehead atoms. The SMILES string of the molecule is COc1ccc(C(N)C2CCC(C)CC2)c(OC)c1OC. The molecular formula is C17H27NO3. The summed E-state index contributed by atoms with van der Waals surface area (Å²) < 4.78 is 16.3. The van der Waals surface area contributed by atoms with Gasteiger partial charge in [-0.25, -0.2) is 0 Å². The molecule has 1 saturated carbocycles. The Morgan fingerprint density at radius 3 is 2.10 bits per heavy atom. The molecule has 1 fully saturated rings. The molecule has 0 spiro atoms. The van der Waals surface area contributed by atoms with Crippen LogP contribution in [0.25, 0.3) is 0 Å². The van der Waals surface area contributed by atoms with Crippen LogP contribution in [0.1, 0.15) is 44.2 Å². The monoisotopic (exact) mass is 293 g/mol. The maximum absolute atomic E-state index is 6.53. The summed E-state index contributed by atoms with van der Waals surface area (Å²) in [5.41, 5.74) is 7.54. The Bertz CT molecular complexity index is 467. The number of nitrogens with two attached hydrogens (primary N) is 1. The van der Waals surface area contributed by atoms with Crippen LogP contribution < -0.4 is 19.9 Å². The van der Waals surface area contributed by atoms with Gasteiger partial charge in [0.2, 0.25) is 5.75 Å². The second kappa shape index (κ2) is 7.03. The van der Waals surface area contributed by atoms with E-state index in [1.165, 1.54) is 25.7 Å². The summed E-state index contributed by atoms with van der Waals surface area (Å²) in [7, 11) is 4.90. The van der Waals surface area contributed by atoms with Gasteiger partial charge in [0.15, 0.2) is 11.5 Å². The lowest BCUT2D eigenvalue weighted by molar-refractivity contribution is 0.250. The molecule has 0 aliphatic heterocycles. The molecule has 2 N–H and O–H groups in total. The summed E-state index contributed by atoms with van der Waals surface area (Å²) in [5, 5.41) is 0. The highest BCUT2D eigenvalue weighted by molar-refractivity contribution is 5.56. The fourth-order valence-corrected chi connectivity index (χ4v) is 3.29. The van der Waals surface area contributed by atoms with Crippen LogP contribution in [0, 0.1) is 11.8 Å². The first kappa shape index (κ1) is 16.0. The quantitative estimate of drug-likeness (QED) is 0.902. The zero-order valence-electron chi connectivity index (χ0n) is 13.5. The van der Waals surface area contributed by atoms with Crippen molar-refractivity contribution in [3.63, 3.8) is 0 Å². The standard InChI is InChI=1S/C17H27NO3/c1-11-5-7-12(8-6-11)15(18)13-9-10-14(19-2)17(21-4)16(13)20-3/h9-12,15H,5-8,18H2,1-4H3. The van der Waals surface area contributed by atoms with E-state index in [1.807, 2.05) is 12.1 Å². The highest BCUT2D eigenvalue weighted by atomic mass is 16.5. The van der Waals surface area contributed by atoms with E-state index in [0.29, 0.717) is 23.2 Å². The van der Waals surface area contributed by atoms with E-state index in [0.717, 1.165) is 11.5 Å². The third-order valence-electron chi connectivity index (χ3n) is 4.66. The number of hydrogen-bond acceptors (Lipinski definition) is 4. The summed E-state index contributed by atoms with van der Waals surface area (Å²) in [5.74, 6) is 3.32. The van der Waals surface area contributed by atoms with E-state index in [9.17, 15) is 0 Å². The van der Waals surface area contributed by atoms with Gasteiger partial charge in [-0.3, -0.25) is 0 Å². The average Bonchev–Trinajstić information content (AvgIpc) is 2.53. The van der Waals surface area contributed by atoms with E-state index in [2.05, 4.69) is 6.92 Å². The Hall–Kier alpha value is -1.42. The van der Waals surface area contributed by atoms with Crippen LogP contribution >= 0.6 is 0 Å². The lowest BCUT2D eigenvalue weighted by Gasteiger charge is -2.31. The van der Waals surface area contributed by atoms with Gasteiger partial charge in [-0.1, -0.05) is 19.8 Å². The minimum atomic E-state index is -0.0211. The summed E-state index contributed by atoms with van der Waals surface area (Å²) in [6.07, 6.45) is 4.88. The third-order valence-corrected chi connectivity index (χ3v) is 4.66. The van der Waals surface area contributed by atoms with Crippen LogP contribution in [0.5, 0.6) is 17.2 Å². The maximum Gasteiger partial charge on any atom is 0.203 e. The van der Waals surface area contributed by atoms with Crippen LogP contribution in [0.15, 0.2) is 12.1 Å². The number of hydrogen-bond donors (Lipinski definition) is 1. The molecule has 0 heterocycles. The van der Waals surface area contributed by atoms with E-state index in [4.69, 9.17) is 19.9 Å². The average molecular weight is 293 g/mol. The number of benzene rings is 1. The van der Waals surface area contributed by atoms with Crippen LogP contribution in [-0.4, -0.2) is 21.3 Å².